The summed E-state index contributed by atoms with van der Waals surface area (Å²) >= 11 is 0. The molecule has 4 aromatic rings. The van der Waals surface area contributed by atoms with Crippen LogP contribution in [0, 0.1) is 5.92 Å². The molecule has 4 atom stereocenters. The average molecular weight is 615 g/mol. The average Bonchev–Trinajstić information content (AvgIpc) is 3.73. The van der Waals surface area contributed by atoms with E-state index in [0.29, 0.717) is 0 Å². The lowest BCUT2D eigenvalue weighted by molar-refractivity contribution is -0.123. The van der Waals surface area contributed by atoms with E-state index >= 15 is 0 Å². The van der Waals surface area contributed by atoms with Crippen LogP contribution in [0.1, 0.15) is 58.7 Å². The number of hydrogen-bond donors (Lipinski definition) is 4. The third-order valence-corrected chi connectivity index (χ3v) is 8.14. The molecule has 2 aromatic carbocycles. The molecule has 4 N–H and O–H groups in total. The van der Waals surface area contributed by atoms with Crippen molar-refractivity contribution in [1.29, 1.82) is 0 Å². The van der Waals surface area contributed by atoms with E-state index in [4.69, 9.17) is 10.8 Å². The van der Waals surface area contributed by atoms with Gasteiger partial charge in [-0.3, -0.25) is 29.3 Å². The van der Waals surface area contributed by atoms with Crippen LogP contribution < -0.4 is 21.5 Å². The topological polar surface area (TPSA) is 169 Å². The van der Waals surface area contributed by atoms with Crippen LogP contribution in [0.3, 0.4) is 0 Å². The Morgan fingerprint density at radius 2 is 1.78 bits per heavy atom. The molecule has 13 heteroatoms. The number of anilines is 1. The molecule has 2 aromatic heterocycles. The number of fused-ring (bicyclic) bond motifs is 4. The lowest BCUT2D eigenvalue weighted by Gasteiger charge is -2.20. The van der Waals surface area contributed by atoms with Gasteiger partial charge >= 0.3 is 6.09 Å². The van der Waals surface area contributed by atoms with E-state index in [9.17, 15) is 19.2 Å². The highest BCUT2D eigenvalue weighted by Crippen LogP contribution is 2.44. The van der Waals surface area contributed by atoms with Gasteiger partial charge in [-0.25, -0.2) is 9.78 Å². The molecular formula is C32H35N7O6. The second kappa shape index (κ2) is 12.2. The van der Waals surface area contributed by atoms with Crippen molar-refractivity contribution >= 4 is 35.0 Å². The van der Waals surface area contributed by atoms with Gasteiger partial charge in [0, 0.05) is 19.6 Å². The molecule has 0 bridgehead atoms. The second-order valence-corrected chi connectivity index (χ2v) is 11.6. The third-order valence-electron chi connectivity index (χ3n) is 8.14. The first-order valence-corrected chi connectivity index (χ1v) is 14.8. The number of hydrogen-bond acceptors (Lipinski definition) is 8. The van der Waals surface area contributed by atoms with Crippen molar-refractivity contribution in [3.63, 3.8) is 0 Å². The summed E-state index contributed by atoms with van der Waals surface area (Å²) in [7, 11) is 0. The van der Waals surface area contributed by atoms with Gasteiger partial charge in [0.1, 0.15) is 18.9 Å². The zero-order chi connectivity index (χ0) is 32.5. The summed E-state index contributed by atoms with van der Waals surface area (Å²) in [6.45, 7) is 4.95. The minimum Gasteiger partial charge on any atom is -0.449 e. The maximum atomic E-state index is 13.1. The van der Waals surface area contributed by atoms with E-state index in [-0.39, 0.29) is 54.8 Å². The Balaban J connectivity index is 1.07. The molecule has 3 heterocycles. The van der Waals surface area contributed by atoms with Crippen LogP contribution in [0.5, 0.6) is 0 Å². The highest BCUT2D eigenvalue weighted by atomic mass is 16.5. The Morgan fingerprint density at radius 3 is 2.44 bits per heavy atom. The van der Waals surface area contributed by atoms with Crippen LogP contribution in [0.25, 0.3) is 22.3 Å². The molecule has 6 rings (SSSR count). The van der Waals surface area contributed by atoms with Gasteiger partial charge in [0.25, 0.3) is 5.56 Å². The van der Waals surface area contributed by atoms with Gasteiger partial charge in [-0.15, -0.1) is 0 Å². The number of imidazole rings is 1. The van der Waals surface area contributed by atoms with Gasteiger partial charge in [0.2, 0.25) is 17.8 Å². The fourth-order valence-electron chi connectivity index (χ4n) is 5.70. The summed E-state index contributed by atoms with van der Waals surface area (Å²) in [6, 6.07) is 14.6. The molecular weight excluding hydrogens is 578 g/mol. The van der Waals surface area contributed by atoms with Gasteiger partial charge in [0.05, 0.1) is 18.5 Å². The van der Waals surface area contributed by atoms with Gasteiger partial charge in [0.15, 0.2) is 11.2 Å². The molecule has 2 aliphatic rings. The summed E-state index contributed by atoms with van der Waals surface area (Å²) in [6.07, 6.45) is -0.434. The molecule has 1 aliphatic heterocycles. The van der Waals surface area contributed by atoms with Crippen molar-refractivity contribution in [2.24, 2.45) is 5.92 Å². The van der Waals surface area contributed by atoms with E-state index in [2.05, 4.69) is 43.0 Å². The number of carbonyl (C=O) groups is 3. The van der Waals surface area contributed by atoms with Crippen molar-refractivity contribution in [2.75, 3.05) is 11.9 Å². The Hall–Kier alpha value is -5.04. The second-order valence-electron chi connectivity index (χ2n) is 11.6. The van der Waals surface area contributed by atoms with Crippen molar-refractivity contribution in [2.45, 2.75) is 64.4 Å². The number of aromatic nitrogens is 4. The predicted octanol–water partition coefficient (Wildman–Crippen LogP) is 3.43. The molecule has 0 radical (unpaired) electrons. The maximum absolute atomic E-state index is 13.1. The summed E-state index contributed by atoms with van der Waals surface area (Å²) in [5.41, 5.74) is 4.12. The van der Waals surface area contributed by atoms with Gasteiger partial charge in [-0.1, -0.05) is 62.4 Å². The first-order chi connectivity index (χ1) is 22.1. The van der Waals surface area contributed by atoms with Crippen LogP contribution in [0.4, 0.5) is 10.7 Å². The highest BCUT2D eigenvalue weighted by Gasteiger charge is 2.36. The maximum Gasteiger partial charge on any atom is 0.407 e. The fraction of sp³-hybridized carbons (Fsp3) is 0.375. The Bertz CT molecular complexity index is 1810. The molecule has 13 nitrogen and oxygen atoms in total. The molecule has 3 unspecified atom stereocenters. The monoisotopic (exact) mass is 614 g/mol. The van der Waals surface area contributed by atoms with Gasteiger partial charge in [-0.2, -0.15) is 4.98 Å². The molecule has 1 fully saturated rings. The minimum atomic E-state index is -0.928. The zero-order valence-electron chi connectivity index (χ0n) is 26.1. The number of benzene rings is 2. The standard InChI is InChI=1S/C32H35N7O6/c1-16(2)28(40)37-31-36-27-26(30(42)38-31)33-15-39(27)25-13-24(18(4)45-25)35-29(41)17(3)34-32(43)44-14-23-21-11-7-5-9-19(21)20-10-6-8-12-22(20)23/h5-12,15-18,23-25H,13-14H2,1-4H3,(H,34,43)(H,35,41)(H2,36,37,38,40,42)/t17?,18?,24-,25?/m0/s1/i4D. The van der Waals surface area contributed by atoms with E-state index in [1.165, 1.54) is 6.33 Å². The summed E-state index contributed by atoms with van der Waals surface area (Å²) < 4.78 is 21.2. The fourth-order valence-corrected chi connectivity index (χ4v) is 5.70. The lowest BCUT2D eigenvalue weighted by Crippen LogP contribution is -2.49. The molecule has 234 valence electrons. The third kappa shape index (κ3) is 5.90. The molecule has 1 saturated heterocycles. The van der Waals surface area contributed by atoms with Crippen LogP contribution in [-0.2, 0) is 19.1 Å². The Kier molecular flexibility index (Phi) is 7.76. The van der Waals surface area contributed by atoms with E-state index in [1.54, 1.807) is 25.3 Å². The summed E-state index contributed by atoms with van der Waals surface area (Å²) in [4.78, 5) is 61.7. The lowest BCUT2D eigenvalue weighted by atomic mass is 9.98. The SMILES string of the molecule is [2H]CC1OC(n2cnc3c(=O)[nH]c(NC(=O)C(C)C)nc32)C[C@@H]1NC(=O)C(C)NC(=O)OCC1c2ccccc2-c2ccccc21. The number of rotatable bonds is 8. The Morgan fingerprint density at radius 1 is 1.09 bits per heavy atom. The molecule has 45 heavy (non-hydrogen) atoms. The number of aromatic amines is 1. The van der Waals surface area contributed by atoms with Crippen LogP contribution >= 0.6 is 0 Å². The summed E-state index contributed by atoms with van der Waals surface area (Å²) in [5.74, 6) is -1.24. The van der Waals surface area contributed by atoms with E-state index < -0.39 is 42.0 Å². The number of carbonyl (C=O) groups excluding carboxylic acids is 3. The van der Waals surface area contributed by atoms with Crippen LogP contribution in [0.15, 0.2) is 59.7 Å². The van der Waals surface area contributed by atoms with Crippen LogP contribution in [0.2, 0.25) is 0 Å². The van der Waals surface area contributed by atoms with Crippen molar-refractivity contribution in [3.8, 4) is 11.1 Å². The van der Waals surface area contributed by atoms with Crippen LogP contribution in [-0.4, -0.2) is 62.2 Å². The largest absolute Gasteiger partial charge is 0.449 e. The number of ether oxygens (including phenoxy) is 2. The van der Waals surface area contributed by atoms with Crippen molar-refractivity contribution < 1.29 is 25.2 Å². The Labute approximate surface area is 260 Å². The molecule has 1 aliphatic carbocycles. The number of nitrogens with one attached hydrogen (secondary N) is 4. The minimum absolute atomic E-state index is 0.0222. The van der Waals surface area contributed by atoms with E-state index in [0.717, 1.165) is 22.3 Å². The number of alkyl carbamates (subject to hydrolysis) is 1. The number of amides is 3. The van der Waals surface area contributed by atoms with Crippen molar-refractivity contribution in [3.05, 3.63) is 76.3 Å². The first kappa shape index (κ1) is 28.7. The number of H-pyrrole nitrogens is 1. The highest BCUT2D eigenvalue weighted by molar-refractivity contribution is 5.91. The van der Waals surface area contributed by atoms with Gasteiger partial charge in [-0.05, 0) is 36.1 Å². The smallest absolute Gasteiger partial charge is 0.407 e. The molecule has 3 amide bonds. The zero-order valence-corrected chi connectivity index (χ0v) is 25.1. The molecule has 0 spiro atoms. The quantitative estimate of drug-likeness (QED) is 0.234. The number of nitrogens with zero attached hydrogens (tertiary/aromatic N) is 3. The van der Waals surface area contributed by atoms with Crippen molar-refractivity contribution in [1.82, 2.24) is 30.2 Å². The predicted molar refractivity (Wildman–Crippen MR) is 165 cm³/mol. The van der Waals surface area contributed by atoms with Gasteiger partial charge < -0.3 is 20.1 Å². The summed E-state index contributed by atoms with van der Waals surface area (Å²) in [5, 5.41) is 8.05. The van der Waals surface area contributed by atoms with E-state index in [1.807, 2.05) is 36.4 Å². The molecule has 0 saturated carbocycles. The normalized spacial score (nSPS) is 19.9. The first-order valence-electron chi connectivity index (χ1n) is 15.5.